The van der Waals surface area contributed by atoms with E-state index >= 15 is 0 Å². The Morgan fingerprint density at radius 2 is 1.42 bits per heavy atom. The van der Waals surface area contributed by atoms with E-state index in [0.29, 0.717) is 26.2 Å². The van der Waals surface area contributed by atoms with Gasteiger partial charge in [0.1, 0.15) is 11.9 Å². The van der Waals surface area contributed by atoms with Crippen LogP contribution < -0.4 is 9.62 Å². The summed E-state index contributed by atoms with van der Waals surface area (Å²) in [6.45, 7) is 2.07. The van der Waals surface area contributed by atoms with Crippen LogP contribution in [0.5, 0.6) is 0 Å². The summed E-state index contributed by atoms with van der Waals surface area (Å²) in [7, 11) is -3.86. The second-order valence-corrected chi connectivity index (χ2v) is 9.68. The van der Waals surface area contributed by atoms with Gasteiger partial charge in [-0.25, -0.2) is 12.8 Å². The number of rotatable bonds is 7. The molecule has 0 bridgehead atoms. The summed E-state index contributed by atoms with van der Waals surface area (Å²) in [5.74, 6) is -0.542. The normalized spacial score (nSPS) is 15.3. The molecule has 3 aromatic carbocycles. The number of carbonyl (C=O) groups excluding carboxylic acids is 1. The van der Waals surface area contributed by atoms with E-state index in [9.17, 15) is 17.6 Å². The van der Waals surface area contributed by atoms with E-state index < -0.39 is 16.1 Å². The van der Waals surface area contributed by atoms with E-state index in [0.717, 1.165) is 11.3 Å². The number of sulfonamides is 1. The van der Waals surface area contributed by atoms with E-state index in [1.165, 1.54) is 24.3 Å². The molecule has 8 heteroatoms. The molecule has 1 N–H and O–H groups in total. The molecule has 0 aromatic heterocycles. The first-order chi connectivity index (χ1) is 15.9. The zero-order valence-electron chi connectivity index (χ0n) is 18.1. The maximum Gasteiger partial charge on any atom is 0.241 e. The maximum atomic E-state index is 13.4. The highest BCUT2D eigenvalue weighted by Gasteiger charge is 2.31. The van der Waals surface area contributed by atoms with Gasteiger partial charge in [-0.3, -0.25) is 4.79 Å². The van der Waals surface area contributed by atoms with E-state index in [2.05, 4.69) is 9.62 Å². The average Bonchev–Trinajstić information content (AvgIpc) is 2.85. The van der Waals surface area contributed by atoms with Gasteiger partial charge in [-0.1, -0.05) is 48.5 Å². The molecule has 1 aliphatic rings. The van der Waals surface area contributed by atoms with E-state index in [4.69, 9.17) is 0 Å². The zero-order valence-corrected chi connectivity index (χ0v) is 18.9. The Kier molecular flexibility index (Phi) is 7.05. The van der Waals surface area contributed by atoms with Gasteiger partial charge < -0.3 is 9.80 Å². The minimum Gasteiger partial charge on any atom is -0.368 e. The number of carbonyl (C=O) groups is 1. The van der Waals surface area contributed by atoms with Crippen molar-refractivity contribution in [3.8, 4) is 0 Å². The number of nitrogens with one attached hydrogen (secondary N) is 1. The molecule has 3 aromatic rings. The Balaban J connectivity index is 1.49. The summed E-state index contributed by atoms with van der Waals surface area (Å²) in [4.78, 5) is 17.3. The molecule has 1 saturated heterocycles. The van der Waals surface area contributed by atoms with Crippen molar-refractivity contribution in [2.24, 2.45) is 0 Å². The fourth-order valence-corrected chi connectivity index (χ4v) is 5.15. The third kappa shape index (κ3) is 5.77. The van der Waals surface area contributed by atoms with E-state index in [-0.39, 0.29) is 23.0 Å². The van der Waals surface area contributed by atoms with Crippen molar-refractivity contribution in [1.82, 2.24) is 9.62 Å². The summed E-state index contributed by atoms with van der Waals surface area (Å²) in [6.07, 6.45) is 0.254. The predicted molar refractivity (Wildman–Crippen MR) is 126 cm³/mol. The van der Waals surface area contributed by atoms with Crippen LogP contribution in [0.1, 0.15) is 5.56 Å². The second kappa shape index (κ2) is 10.1. The molecule has 33 heavy (non-hydrogen) atoms. The summed E-state index contributed by atoms with van der Waals surface area (Å²) in [5, 5.41) is 0. The van der Waals surface area contributed by atoms with E-state index in [1.54, 1.807) is 35.2 Å². The van der Waals surface area contributed by atoms with Crippen LogP contribution in [0.15, 0.2) is 89.8 Å². The first kappa shape index (κ1) is 22.9. The van der Waals surface area contributed by atoms with Gasteiger partial charge in [0.2, 0.25) is 15.9 Å². The smallest absolute Gasteiger partial charge is 0.241 e. The SMILES string of the molecule is O=C([C@H](Cc1ccccc1)NS(=O)(=O)c1ccccc1)N1CCN(c2ccc(F)cc2)CC1. The highest BCUT2D eigenvalue weighted by Crippen LogP contribution is 2.18. The summed E-state index contributed by atoms with van der Waals surface area (Å²) in [5.41, 5.74) is 1.77. The molecule has 1 amide bonds. The molecule has 0 radical (unpaired) electrons. The number of halogens is 1. The third-order valence-electron chi connectivity index (χ3n) is 5.71. The average molecular weight is 468 g/mol. The van der Waals surface area contributed by atoms with Crippen LogP contribution in [-0.4, -0.2) is 51.4 Å². The minimum atomic E-state index is -3.86. The van der Waals surface area contributed by atoms with Crippen molar-refractivity contribution in [3.63, 3.8) is 0 Å². The van der Waals surface area contributed by atoms with Gasteiger partial charge in [0, 0.05) is 31.9 Å². The molecule has 0 saturated carbocycles. The molecular weight excluding hydrogens is 441 g/mol. The highest BCUT2D eigenvalue weighted by atomic mass is 32.2. The Bertz CT molecular complexity index is 1160. The molecular formula is C25H26FN3O3S. The Labute approximate surface area is 193 Å². The largest absolute Gasteiger partial charge is 0.368 e. The summed E-state index contributed by atoms with van der Waals surface area (Å²) >= 11 is 0. The lowest BCUT2D eigenvalue weighted by atomic mass is 10.1. The number of piperazine rings is 1. The highest BCUT2D eigenvalue weighted by molar-refractivity contribution is 7.89. The molecule has 0 spiro atoms. The predicted octanol–water partition coefficient (Wildman–Crippen LogP) is 3.06. The number of hydrogen-bond donors (Lipinski definition) is 1. The van der Waals surface area contributed by atoms with Gasteiger partial charge in [-0.2, -0.15) is 4.72 Å². The van der Waals surface area contributed by atoms with Gasteiger partial charge in [0.05, 0.1) is 4.90 Å². The topological polar surface area (TPSA) is 69.7 Å². The second-order valence-electron chi connectivity index (χ2n) is 7.97. The van der Waals surface area contributed by atoms with Gasteiger partial charge in [-0.05, 0) is 48.4 Å². The number of hydrogen-bond acceptors (Lipinski definition) is 4. The van der Waals surface area contributed by atoms with Crippen LogP contribution in [0.4, 0.5) is 10.1 Å². The lowest BCUT2D eigenvalue weighted by molar-refractivity contribution is -0.133. The number of benzene rings is 3. The van der Waals surface area contributed by atoms with Crippen molar-refractivity contribution >= 4 is 21.6 Å². The van der Waals surface area contributed by atoms with Crippen LogP contribution in [0, 0.1) is 5.82 Å². The lowest BCUT2D eigenvalue weighted by Gasteiger charge is -2.37. The van der Waals surface area contributed by atoms with Crippen molar-refractivity contribution in [2.75, 3.05) is 31.1 Å². The molecule has 1 atom stereocenters. The number of nitrogens with zero attached hydrogens (tertiary/aromatic N) is 2. The quantitative estimate of drug-likeness (QED) is 0.580. The number of anilines is 1. The van der Waals surface area contributed by atoms with Gasteiger partial charge in [0.15, 0.2) is 0 Å². The first-order valence-electron chi connectivity index (χ1n) is 10.8. The van der Waals surface area contributed by atoms with Crippen LogP contribution in [0.3, 0.4) is 0 Å². The monoisotopic (exact) mass is 467 g/mol. The van der Waals surface area contributed by atoms with Crippen molar-refractivity contribution < 1.29 is 17.6 Å². The minimum absolute atomic E-state index is 0.122. The fourth-order valence-electron chi connectivity index (χ4n) is 3.94. The molecule has 6 nitrogen and oxygen atoms in total. The van der Waals surface area contributed by atoms with Crippen LogP contribution in [0.2, 0.25) is 0 Å². The molecule has 172 valence electrons. The molecule has 1 aliphatic heterocycles. The van der Waals surface area contributed by atoms with E-state index in [1.807, 2.05) is 30.3 Å². The molecule has 1 fully saturated rings. The van der Waals surface area contributed by atoms with Crippen LogP contribution in [0.25, 0.3) is 0 Å². The molecule has 0 unspecified atom stereocenters. The Morgan fingerprint density at radius 3 is 2.03 bits per heavy atom. The number of amides is 1. The zero-order chi connectivity index (χ0) is 23.3. The first-order valence-corrected chi connectivity index (χ1v) is 12.3. The lowest BCUT2D eigenvalue weighted by Crippen LogP contribution is -2.55. The van der Waals surface area contributed by atoms with Crippen LogP contribution >= 0.6 is 0 Å². The Morgan fingerprint density at radius 1 is 0.848 bits per heavy atom. The molecule has 1 heterocycles. The summed E-state index contributed by atoms with van der Waals surface area (Å²) < 4.78 is 41.8. The van der Waals surface area contributed by atoms with Crippen molar-refractivity contribution in [3.05, 3.63) is 96.3 Å². The van der Waals surface area contributed by atoms with Crippen molar-refractivity contribution in [1.29, 1.82) is 0 Å². The molecule has 4 rings (SSSR count). The van der Waals surface area contributed by atoms with Gasteiger partial charge in [-0.15, -0.1) is 0 Å². The van der Waals surface area contributed by atoms with Crippen molar-refractivity contribution in [2.45, 2.75) is 17.4 Å². The third-order valence-corrected chi connectivity index (χ3v) is 7.20. The standard InChI is InChI=1S/C25H26FN3O3S/c26-21-11-13-22(14-12-21)28-15-17-29(18-16-28)25(30)24(19-20-7-3-1-4-8-20)27-33(31,32)23-9-5-2-6-10-23/h1-14,24,27H,15-19H2/t24-/m0/s1. The Hall–Kier alpha value is -3.23. The fraction of sp³-hybridized carbons (Fsp3) is 0.240. The van der Waals surface area contributed by atoms with Gasteiger partial charge in [0.25, 0.3) is 0 Å². The maximum absolute atomic E-state index is 13.4. The summed E-state index contributed by atoms with van der Waals surface area (Å²) in [6, 6.07) is 22.8. The van der Waals surface area contributed by atoms with Crippen LogP contribution in [-0.2, 0) is 21.2 Å². The molecule has 0 aliphatic carbocycles. The van der Waals surface area contributed by atoms with Gasteiger partial charge >= 0.3 is 0 Å².